The molecule has 4 aromatic rings. The minimum absolute atomic E-state index is 0.0979. The van der Waals surface area contributed by atoms with Crippen LogP contribution in [0.5, 0.6) is 5.75 Å². The number of anilines is 1. The molecule has 2 amide bonds. The van der Waals surface area contributed by atoms with Gasteiger partial charge in [0.15, 0.2) is 0 Å². The highest BCUT2D eigenvalue weighted by Crippen LogP contribution is 2.36. The molecular weight excluding hydrogens is 534 g/mol. The first-order valence-corrected chi connectivity index (χ1v) is 11.9. The zero-order valence-electron chi connectivity index (χ0n) is 18.7. The summed E-state index contributed by atoms with van der Waals surface area (Å²) in [4.78, 5) is 17.5. The van der Waals surface area contributed by atoms with E-state index in [1.165, 1.54) is 23.8 Å². The lowest BCUT2D eigenvalue weighted by molar-refractivity contribution is -0.253. The number of urea groups is 1. The summed E-state index contributed by atoms with van der Waals surface area (Å²) < 4.78 is 57.3. The van der Waals surface area contributed by atoms with E-state index in [1.807, 2.05) is 6.07 Å². The number of amides is 2. The number of hydrogen-bond donors (Lipinski definition) is 2. The van der Waals surface area contributed by atoms with Crippen LogP contribution in [0, 0.1) is 0 Å². The molecule has 0 radical (unpaired) electrons. The molecule has 0 aliphatic heterocycles. The Morgan fingerprint density at radius 1 is 1.08 bits per heavy atom. The van der Waals surface area contributed by atoms with Crippen molar-refractivity contribution in [3.8, 4) is 5.75 Å². The first-order valence-electron chi connectivity index (χ1n) is 10.6. The largest absolute Gasteiger partial charge is 0.461 e. The van der Waals surface area contributed by atoms with Crippen molar-refractivity contribution in [3.63, 3.8) is 0 Å². The van der Waals surface area contributed by atoms with E-state index in [1.54, 1.807) is 36.4 Å². The van der Waals surface area contributed by atoms with Crippen LogP contribution in [-0.2, 0) is 12.0 Å². The number of pyridine rings is 1. The summed E-state index contributed by atoms with van der Waals surface area (Å²) in [5.41, 5.74) is 1.23. The maximum absolute atomic E-state index is 13.7. The SMILES string of the molecule is O=C(Nc1nncs1)N[C@@](Cc1ccccc1)(c1cccc(OC(F)(F)C(F)F)c1)c1ccc(Cl)cn1. The fourth-order valence-corrected chi connectivity index (χ4v) is 4.18. The van der Waals surface area contributed by atoms with Crippen LogP contribution in [0.3, 0.4) is 0 Å². The van der Waals surface area contributed by atoms with E-state index in [-0.39, 0.29) is 17.1 Å². The van der Waals surface area contributed by atoms with E-state index >= 15 is 0 Å². The van der Waals surface area contributed by atoms with Crippen LogP contribution in [-0.4, -0.2) is 33.7 Å². The zero-order chi connectivity index (χ0) is 26.5. The lowest BCUT2D eigenvalue weighted by atomic mass is 9.80. The average Bonchev–Trinajstić information content (AvgIpc) is 3.37. The van der Waals surface area contributed by atoms with E-state index in [0.29, 0.717) is 10.7 Å². The molecule has 0 spiro atoms. The predicted octanol–water partition coefficient (Wildman–Crippen LogP) is 6.13. The van der Waals surface area contributed by atoms with Gasteiger partial charge in [-0.2, -0.15) is 17.6 Å². The number of carbonyl (C=O) groups excluding carboxylic acids is 1. The Labute approximate surface area is 217 Å². The number of aromatic nitrogens is 3. The van der Waals surface area contributed by atoms with Gasteiger partial charge in [-0.25, -0.2) is 4.79 Å². The molecular formula is C24H18ClF4N5O2S. The molecule has 2 aromatic heterocycles. The molecule has 2 N–H and O–H groups in total. The average molecular weight is 552 g/mol. The number of nitrogens with zero attached hydrogens (tertiary/aromatic N) is 3. The molecule has 0 bridgehead atoms. The van der Waals surface area contributed by atoms with Gasteiger partial charge in [0.1, 0.15) is 16.8 Å². The molecule has 0 unspecified atom stereocenters. The van der Waals surface area contributed by atoms with Gasteiger partial charge < -0.3 is 10.1 Å². The molecule has 192 valence electrons. The first-order chi connectivity index (χ1) is 17.7. The molecule has 0 aliphatic rings. The van der Waals surface area contributed by atoms with Crippen molar-refractivity contribution < 1.29 is 27.1 Å². The van der Waals surface area contributed by atoms with E-state index < -0.39 is 29.9 Å². The fourth-order valence-electron chi connectivity index (χ4n) is 3.63. The van der Waals surface area contributed by atoms with Gasteiger partial charge in [0.2, 0.25) is 5.13 Å². The quantitative estimate of drug-likeness (QED) is 0.244. The van der Waals surface area contributed by atoms with Crippen molar-refractivity contribution in [1.82, 2.24) is 20.5 Å². The van der Waals surface area contributed by atoms with Gasteiger partial charge in [-0.15, -0.1) is 10.2 Å². The third-order valence-corrected chi connectivity index (χ3v) is 6.05. The molecule has 0 fully saturated rings. The second-order valence-electron chi connectivity index (χ2n) is 7.74. The minimum atomic E-state index is -4.72. The Morgan fingerprint density at radius 3 is 2.51 bits per heavy atom. The van der Waals surface area contributed by atoms with Gasteiger partial charge in [-0.1, -0.05) is 65.4 Å². The topological polar surface area (TPSA) is 89.0 Å². The molecule has 13 heteroatoms. The van der Waals surface area contributed by atoms with Gasteiger partial charge in [0, 0.05) is 12.6 Å². The van der Waals surface area contributed by atoms with E-state index in [4.69, 9.17) is 11.6 Å². The maximum Gasteiger partial charge on any atom is 0.461 e. The number of carbonyl (C=O) groups is 1. The molecule has 2 heterocycles. The van der Waals surface area contributed by atoms with Gasteiger partial charge >= 0.3 is 18.6 Å². The van der Waals surface area contributed by atoms with E-state index in [2.05, 4.69) is 30.6 Å². The van der Waals surface area contributed by atoms with Crippen LogP contribution in [0.1, 0.15) is 16.8 Å². The highest BCUT2D eigenvalue weighted by Gasteiger charge is 2.44. The van der Waals surface area contributed by atoms with Gasteiger partial charge in [0.25, 0.3) is 0 Å². The second kappa shape index (κ2) is 11.1. The number of ether oxygens (including phenoxy) is 1. The van der Waals surface area contributed by atoms with E-state index in [0.717, 1.165) is 29.0 Å². The molecule has 0 aliphatic carbocycles. The molecule has 0 saturated heterocycles. The summed E-state index contributed by atoms with van der Waals surface area (Å²) in [7, 11) is 0. The smallest absolute Gasteiger partial charge is 0.428 e. The number of halogens is 5. The number of rotatable bonds is 9. The number of alkyl halides is 4. The van der Waals surface area contributed by atoms with Crippen molar-refractivity contribution in [1.29, 1.82) is 0 Å². The molecule has 2 aromatic carbocycles. The zero-order valence-corrected chi connectivity index (χ0v) is 20.3. The van der Waals surface area contributed by atoms with Crippen LogP contribution < -0.4 is 15.4 Å². The van der Waals surface area contributed by atoms with Gasteiger partial charge in [-0.3, -0.25) is 10.3 Å². The van der Waals surface area contributed by atoms with Crippen LogP contribution >= 0.6 is 22.9 Å². The highest BCUT2D eigenvalue weighted by molar-refractivity contribution is 7.13. The van der Waals surface area contributed by atoms with Crippen molar-refractivity contribution in [2.75, 3.05) is 5.32 Å². The number of benzene rings is 2. The summed E-state index contributed by atoms with van der Waals surface area (Å²) in [6, 6.07) is 16.6. The number of nitrogens with one attached hydrogen (secondary N) is 2. The molecule has 0 saturated carbocycles. The Morgan fingerprint density at radius 2 is 1.86 bits per heavy atom. The van der Waals surface area contributed by atoms with Gasteiger partial charge in [0.05, 0.1) is 10.7 Å². The monoisotopic (exact) mass is 551 g/mol. The maximum atomic E-state index is 13.7. The second-order valence-corrected chi connectivity index (χ2v) is 9.01. The third kappa shape index (κ3) is 6.33. The summed E-state index contributed by atoms with van der Waals surface area (Å²) in [6.07, 6.45) is -7.30. The summed E-state index contributed by atoms with van der Waals surface area (Å²) in [6.45, 7) is 0. The summed E-state index contributed by atoms with van der Waals surface area (Å²) >= 11 is 7.13. The van der Waals surface area contributed by atoms with Crippen molar-refractivity contribution in [2.24, 2.45) is 0 Å². The highest BCUT2D eigenvalue weighted by atomic mass is 35.5. The standard InChI is InChI=1S/C24H18ClF4N5O2S/c25-17-9-10-19(30-13-17)23(12-15-5-2-1-3-6-15,33-21(35)32-22-34-31-14-37-22)16-7-4-8-18(11-16)36-24(28,29)20(26)27/h1-11,13-14,20H,12H2,(H2,32,33,34,35)/t23-/m0/s1. The Hall–Kier alpha value is -3.77. The van der Waals surface area contributed by atoms with Gasteiger partial charge in [-0.05, 0) is 35.4 Å². The lowest BCUT2D eigenvalue weighted by Crippen LogP contribution is -2.50. The third-order valence-electron chi connectivity index (χ3n) is 5.22. The van der Waals surface area contributed by atoms with Crippen LogP contribution in [0.25, 0.3) is 0 Å². The molecule has 4 rings (SSSR count). The van der Waals surface area contributed by atoms with Crippen LogP contribution in [0.15, 0.2) is 78.4 Å². The van der Waals surface area contributed by atoms with Crippen LogP contribution in [0.4, 0.5) is 27.5 Å². The Bertz CT molecular complexity index is 1330. The summed E-state index contributed by atoms with van der Waals surface area (Å²) in [5, 5.41) is 13.4. The molecule has 37 heavy (non-hydrogen) atoms. The minimum Gasteiger partial charge on any atom is -0.428 e. The summed E-state index contributed by atoms with van der Waals surface area (Å²) in [5.74, 6) is -0.527. The van der Waals surface area contributed by atoms with Crippen molar-refractivity contribution in [2.45, 2.75) is 24.5 Å². The first kappa shape index (κ1) is 26.3. The molecule has 1 atom stereocenters. The number of hydrogen-bond acceptors (Lipinski definition) is 6. The van der Waals surface area contributed by atoms with Crippen molar-refractivity contribution in [3.05, 3.63) is 100 Å². The fraction of sp³-hybridized carbons (Fsp3) is 0.167. The Balaban J connectivity index is 1.85. The van der Waals surface area contributed by atoms with Crippen molar-refractivity contribution >= 4 is 34.1 Å². The van der Waals surface area contributed by atoms with Crippen LogP contribution in [0.2, 0.25) is 5.02 Å². The molecule has 7 nitrogen and oxygen atoms in total. The Kier molecular flexibility index (Phi) is 7.89. The van der Waals surface area contributed by atoms with E-state index in [9.17, 15) is 22.4 Å². The lowest BCUT2D eigenvalue weighted by Gasteiger charge is -2.35. The predicted molar refractivity (Wildman–Crippen MR) is 130 cm³/mol. The normalized spacial score (nSPS) is 13.1.